The van der Waals surface area contributed by atoms with Crippen LogP contribution in [0, 0.1) is 13.8 Å². The Hall–Kier alpha value is -1.57. The van der Waals surface area contributed by atoms with Gasteiger partial charge in [0.1, 0.15) is 0 Å². The van der Waals surface area contributed by atoms with E-state index in [2.05, 4.69) is 30.1 Å². The van der Waals surface area contributed by atoms with E-state index >= 15 is 0 Å². The first-order valence-electron chi connectivity index (χ1n) is 4.63. The van der Waals surface area contributed by atoms with Gasteiger partial charge in [0.15, 0.2) is 0 Å². The molecular weight excluding hydrogens is 172 g/mol. The largest absolute Gasteiger partial charge is 0.402 e. The maximum absolute atomic E-state index is 5.49. The molecule has 0 saturated carbocycles. The molecule has 1 aromatic carbocycles. The van der Waals surface area contributed by atoms with E-state index in [9.17, 15) is 0 Å². The van der Waals surface area contributed by atoms with Crippen LogP contribution in [0.3, 0.4) is 0 Å². The topological polar surface area (TPSA) is 38.4 Å². The van der Waals surface area contributed by atoms with Gasteiger partial charge in [0, 0.05) is 11.9 Å². The fourth-order valence-corrected chi connectivity index (χ4v) is 1.09. The molecule has 14 heavy (non-hydrogen) atoms. The predicted molar refractivity (Wildman–Crippen MR) is 62.0 cm³/mol. The first-order chi connectivity index (χ1) is 6.59. The highest BCUT2D eigenvalue weighted by Crippen LogP contribution is 2.18. The molecule has 0 spiro atoms. The number of hydrogen-bond acceptors (Lipinski definition) is 2. The minimum absolute atomic E-state index is 0.763. The van der Waals surface area contributed by atoms with Crippen LogP contribution in [-0.4, -0.2) is 6.21 Å². The molecule has 0 aliphatic carbocycles. The molecule has 0 unspecified atom stereocenters. The molecule has 0 fully saturated rings. The summed E-state index contributed by atoms with van der Waals surface area (Å²) in [6.45, 7) is 5.95. The van der Waals surface area contributed by atoms with Gasteiger partial charge in [0.05, 0.1) is 5.69 Å². The van der Waals surface area contributed by atoms with Gasteiger partial charge in [0.25, 0.3) is 0 Å². The van der Waals surface area contributed by atoms with Crippen molar-refractivity contribution in [1.82, 2.24) is 0 Å². The molecule has 0 aliphatic rings. The van der Waals surface area contributed by atoms with Gasteiger partial charge in [-0.3, -0.25) is 4.99 Å². The summed E-state index contributed by atoms with van der Waals surface area (Å²) in [6, 6.07) is 6.21. The zero-order valence-electron chi connectivity index (χ0n) is 8.91. The SMILES string of the molecule is CC(N)=CC=Nc1cc(C)ccc1C. The van der Waals surface area contributed by atoms with Crippen LogP contribution in [0.5, 0.6) is 0 Å². The second-order valence-electron chi connectivity index (χ2n) is 3.48. The van der Waals surface area contributed by atoms with Gasteiger partial charge in [-0.2, -0.15) is 0 Å². The standard InChI is InChI=1S/C12H16N2/c1-9-4-5-10(2)12(8-9)14-7-6-11(3)13/h4-8H,13H2,1-3H3. The first kappa shape index (κ1) is 10.5. The summed E-state index contributed by atoms with van der Waals surface area (Å²) in [6.07, 6.45) is 3.53. The Morgan fingerprint density at radius 2 is 2.07 bits per heavy atom. The summed E-state index contributed by atoms with van der Waals surface area (Å²) < 4.78 is 0. The van der Waals surface area contributed by atoms with Crippen molar-refractivity contribution in [3.8, 4) is 0 Å². The summed E-state index contributed by atoms with van der Waals surface area (Å²) in [4.78, 5) is 4.33. The number of aliphatic imine (C=N–C) groups is 1. The lowest BCUT2D eigenvalue weighted by atomic mass is 10.1. The lowest BCUT2D eigenvalue weighted by Crippen LogP contribution is -1.89. The van der Waals surface area contributed by atoms with Crippen molar-refractivity contribution in [3.63, 3.8) is 0 Å². The zero-order valence-corrected chi connectivity index (χ0v) is 8.91. The Morgan fingerprint density at radius 1 is 1.36 bits per heavy atom. The second-order valence-corrected chi connectivity index (χ2v) is 3.48. The van der Waals surface area contributed by atoms with Crippen LogP contribution in [0.4, 0.5) is 5.69 Å². The minimum atomic E-state index is 0.763. The Morgan fingerprint density at radius 3 is 2.71 bits per heavy atom. The fraction of sp³-hybridized carbons (Fsp3) is 0.250. The Labute approximate surface area is 85.2 Å². The van der Waals surface area contributed by atoms with Crippen molar-refractivity contribution in [2.45, 2.75) is 20.8 Å². The van der Waals surface area contributed by atoms with Crippen LogP contribution in [-0.2, 0) is 0 Å². The summed E-state index contributed by atoms with van der Waals surface area (Å²) in [5.41, 5.74) is 9.65. The molecular formula is C12H16N2. The van der Waals surface area contributed by atoms with Crippen molar-refractivity contribution < 1.29 is 0 Å². The van der Waals surface area contributed by atoms with Crippen LogP contribution in [0.2, 0.25) is 0 Å². The minimum Gasteiger partial charge on any atom is -0.402 e. The van der Waals surface area contributed by atoms with Gasteiger partial charge in [-0.15, -0.1) is 0 Å². The quantitative estimate of drug-likeness (QED) is 0.712. The molecule has 2 N–H and O–H groups in total. The van der Waals surface area contributed by atoms with E-state index < -0.39 is 0 Å². The maximum Gasteiger partial charge on any atom is 0.0661 e. The van der Waals surface area contributed by atoms with Crippen LogP contribution in [0.15, 0.2) is 35.0 Å². The Kier molecular flexibility index (Phi) is 3.46. The van der Waals surface area contributed by atoms with E-state index in [0.29, 0.717) is 0 Å². The lowest BCUT2D eigenvalue weighted by Gasteiger charge is -2.00. The maximum atomic E-state index is 5.49. The smallest absolute Gasteiger partial charge is 0.0661 e. The van der Waals surface area contributed by atoms with Crippen LogP contribution in [0.25, 0.3) is 0 Å². The highest BCUT2D eigenvalue weighted by molar-refractivity contribution is 5.75. The molecule has 1 aromatic rings. The molecule has 0 aromatic heterocycles. The van der Waals surface area contributed by atoms with Crippen molar-refractivity contribution in [2.24, 2.45) is 10.7 Å². The van der Waals surface area contributed by atoms with E-state index in [0.717, 1.165) is 11.4 Å². The third-order valence-corrected chi connectivity index (χ3v) is 1.92. The normalized spacial score (nSPS) is 12.4. The Balaban J connectivity index is 2.91. The molecule has 1 rings (SSSR count). The molecule has 74 valence electrons. The number of nitrogens with two attached hydrogens (primary N) is 1. The van der Waals surface area contributed by atoms with Gasteiger partial charge >= 0.3 is 0 Å². The summed E-state index contributed by atoms with van der Waals surface area (Å²) >= 11 is 0. The zero-order chi connectivity index (χ0) is 10.6. The molecule has 0 aliphatic heterocycles. The van der Waals surface area contributed by atoms with Crippen molar-refractivity contribution in [3.05, 3.63) is 41.1 Å². The molecule has 0 bridgehead atoms. The van der Waals surface area contributed by atoms with E-state index in [1.807, 2.05) is 13.8 Å². The van der Waals surface area contributed by atoms with Crippen LogP contribution >= 0.6 is 0 Å². The summed E-state index contributed by atoms with van der Waals surface area (Å²) in [7, 11) is 0. The van der Waals surface area contributed by atoms with Gasteiger partial charge in [-0.1, -0.05) is 12.1 Å². The molecule has 0 heterocycles. The number of rotatable bonds is 2. The van der Waals surface area contributed by atoms with E-state index in [-0.39, 0.29) is 0 Å². The van der Waals surface area contributed by atoms with Crippen LogP contribution < -0.4 is 5.73 Å². The molecule has 0 atom stereocenters. The Bertz CT molecular complexity index is 372. The van der Waals surface area contributed by atoms with Crippen molar-refractivity contribution in [1.29, 1.82) is 0 Å². The average molecular weight is 188 g/mol. The second kappa shape index (κ2) is 4.61. The fourth-order valence-electron chi connectivity index (χ4n) is 1.09. The lowest BCUT2D eigenvalue weighted by molar-refractivity contribution is 1.32. The third-order valence-electron chi connectivity index (χ3n) is 1.92. The summed E-state index contributed by atoms with van der Waals surface area (Å²) in [5, 5.41) is 0. The number of allylic oxidation sites excluding steroid dienone is 2. The molecule has 2 nitrogen and oxygen atoms in total. The highest BCUT2D eigenvalue weighted by atomic mass is 14.7. The van der Waals surface area contributed by atoms with Gasteiger partial charge in [0.2, 0.25) is 0 Å². The molecule has 0 saturated heterocycles. The number of hydrogen-bond donors (Lipinski definition) is 1. The van der Waals surface area contributed by atoms with E-state index in [1.165, 1.54) is 11.1 Å². The number of benzene rings is 1. The highest BCUT2D eigenvalue weighted by Gasteiger charge is 1.94. The van der Waals surface area contributed by atoms with E-state index in [1.54, 1.807) is 12.3 Å². The van der Waals surface area contributed by atoms with Crippen molar-refractivity contribution >= 4 is 11.9 Å². The molecule has 2 heteroatoms. The summed E-state index contributed by atoms with van der Waals surface area (Å²) in [5.74, 6) is 0. The number of aryl methyl sites for hydroxylation is 2. The van der Waals surface area contributed by atoms with Crippen molar-refractivity contribution in [2.75, 3.05) is 0 Å². The van der Waals surface area contributed by atoms with Gasteiger partial charge in [-0.05, 0) is 44.0 Å². The van der Waals surface area contributed by atoms with Gasteiger partial charge < -0.3 is 5.73 Å². The first-order valence-corrected chi connectivity index (χ1v) is 4.63. The predicted octanol–water partition coefficient (Wildman–Crippen LogP) is 2.87. The van der Waals surface area contributed by atoms with Gasteiger partial charge in [-0.25, -0.2) is 0 Å². The molecule has 0 amide bonds. The molecule has 0 radical (unpaired) electrons. The number of nitrogens with zero attached hydrogens (tertiary/aromatic N) is 1. The van der Waals surface area contributed by atoms with Crippen LogP contribution in [0.1, 0.15) is 18.1 Å². The average Bonchev–Trinajstić information content (AvgIpc) is 2.10. The van der Waals surface area contributed by atoms with E-state index in [4.69, 9.17) is 5.73 Å². The monoisotopic (exact) mass is 188 g/mol. The third kappa shape index (κ3) is 3.05.